The third-order valence-corrected chi connectivity index (χ3v) is 4.05. The van der Waals surface area contributed by atoms with Gasteiger partial charge in [-0.25, -0.2) is 4.79 Å². The Hall–Kier alpha value is -3.10. The smallest absolute Gasteiger partial charge is 0.408 e. The molecule has 0 fully saturated rings. The summed E-state index contributed by atoms with van der Waals surface area (Å²) in [6.07, 6.45) is -0.499. The first-order chi connectivity index (χ1) is 13.7. The molecule has 0 bridgehead atoms. The van der Waals surface area contributed by atoms with Crippen LogP contribution in [0.1, 0.15) is 38.7 Å². The number of carbonyl (C=O) groups excluding carboxylic acids is 4. The maximum atomic E-state index is 12.6. The predicted octanol–water partition coefficient (Wildman–Crippen LogP) is 1.25. The summed E-state index contributed by atoms with van der Waals surface area (Å²) in [5.41, 5.74) is 6.12. The fraction of sp³-hybridized carbons (Fsp3) is 0.500. The van der Waals surface area contributed by atoms with Crippen LogP contribution in [0, 0.1) is 5.92 Å². The number of hydrogen-bond donors (Lipinski definition) is 3. The van der Waals surface area contributed by atoms with Gasteiger partial charge in [0, 0.05) is 6.42 Å². The van der Waals surface area contributed by atoms with E-state index in [-0.39, 0.29) is 25.4 Å². The van der Waals surface area contributed by atoms with E-state index in [9.17, 15) is 19.2 Å². The van der Waals surface area contributed by atoms with Crippen LogP contribution in [0.25, 0.3) is 0 Å². The van der Waals surface area contributed by atoms with Gasteiger partial charge in [-0.2, -0.15) is 0 Å². The average Bonchev–Trinajstić information content (AvgIpc) is 2.68. The Balaban J connectivity index is 2.68. The minimum atomic E-state index is -1.06. The standard InChI is InChI=1S/C20H29N3O6/c1-13(2)11-16(23-20(27)29-12-14-7-5-4-6-8-14)19(26)22-15(18(21)25)9-10-17(24)28-3/h4-8,13,15-16H,9-12H2,1-3H3,(H2,21,25)(H,22,26)(H,23,27)/t15-,16-/m0/s1. The van der Waals surface area contributed by atoms with E-state index in [0.717, 1.165) is 5.56 Å². The maximum Gasteiger partial charge on any atom is 0.408 e. The molecule has 29 heavy (non-hydrogen) atoms. The van der Waals surface area contributed by atoms with E-state index in [2.05, 4.69) is 15.4 Å². The molecule has 3 amide bonds. The lowest BCUT2D eigenvalue weighted by molar-refractivity contribution is -0.141. The molecule has 9 nitrogen and oxygen atoms in total. The number of benzene rings is 1. The molecule has 0 saturated heterocycles. The van der Waals surface area contributed by atoms with E-state index >= 15 is 0 Å². The van der Waals surface area contributed by atoms with Crippen molar-refractivity contribution in [2.75, 3.05) is 7.11 Å². The molecule has 9 heteroatoms. The third-order valence-electron chi connectivity index (χ3n) is 4.05. The van der Waals surface area contributed by atoms with E-state index in [4.69, 9.17) is 10.5 Å². The lowest BCUT2D eigenvalue weighted by Gasteiger charge is -2.22. The molecule has 0 radical (unpaired) electrons. The van der Waals surface area contributed by atoms with Crippen LogP contribution < -0.4 is 16.4 Å². The Morgan fingerprint density at radius 2 is 1.69 bits per heavy atom. The van der Waals surface area contributed by atoms with E-state index in [1.807, 2.05) is 44.2 Å². The van der Waals surface area contributed by atoms with Gasteiger partial charge in [0.1, 0.15) is 18.7 Å². The minimum absolute atomic E-state index is 0.000594. The number of amides is 3. The van der Waals surface area contributed by atoms with Gasteiger partial charge in [-0.1, -0.05) is 44.2 Å². The predicted molar refractivity (Wildman–Crippen MR) is 105 cm³/mol. The van der Waals surface area contributed by atoms with E-state index in [0.29, 0.717) is 6.42 Å². The quantitative estimate of drug-likeness (QED) is 0.472. The highest BCUT2D eigenvalue weighted by molar-refractivity contribution is 5.91. The summed E-state index contributed by atoms with van der Waals surface area (Å²) in [6.45, 7) is 3.84. The molecule has 0 aliphatic carbocycles. The summed E-state index contributed by atoms with van der Waals surface area (Å²) in [7, 11) is 1.23. The molecule has 1 rings (SSSR count). The van der Waals surface area contributed by atoms with Crippen molar-refractivity contribution in [3.63, 3.8) is 0 Å². The normalized spacial score (nSPS) is 12.6. The summed E-state index contributed by atoms with van der Waals surface area (Å²) in [5.74, 6) is -1.80. The number of esters is 1. The molecule has 0 aliphatic heterocycles. The zero-order valence-electron chi connectivity index (χ0n) is 17.0. The van der Waals surface area contributed by atoms with Gasteiger partial charge in [-0.05, 0) is 24.3 Å². The van der Waals surface area contributed by atoms with Crippen LogP contribution in [-0.4, -0.2) is 43.1 Å². The molecule has 1 aromatic rings. The monoisotopic (exact) mass is 407 g/mol. The highest BCUT2D eigenvalue weighted by Gasteiger charge is 2.27. The zero-order chi connectivity index (χ0) is 21.8. The largest absolute Gasteiger partial charge is 0.469 e. The van der Waals surface area contributed by atoms with Crippen LogP contribution in [0.4, 0.5) is 4.79 Å². The molecule has 160 valence electrons. The number of methoxy groups -OCH3 is 1. The van der Waals surface area contributed by atoms with Crippen molar-refractivity contribution in [1.82, 2.24) is 10.6 Å². The minimum Gasteiger partial charge on any atom is -0.469 e. The molecule has 0 aliphatic rings. The van der Waals surface area contributed by atoms with Gasteiger partial charge >= 0.3 is 12.1 Å². The van der Waals surface area contributed by atoms with E-state index < -0.39 is 36.0 Å². The summed E-state index contributed by atoms with van der Waals surface area (Å²) in [5, 5.41) is 5.01. The summed E-state index contributed by atoms with van der Waals surface area (Å²) >= 11 is 0. The van der Waals surface area contributed by atoms with Gasteiger partial charge in [-0.15, -0.1) is 0 Å². The van der Waals surface area contributed by atoms with Crippen LogP contribution in [0.3, 0.4) is 0 Å². The number of nitrogens with one attached hydrogen (secondary N) is 2. The fourth-order valence-electron chi connectivity index (χ4n) is 2.53. The van der Waals surface area contributed by atoms with Gasteiger partial charge in [0.05, 0.1) is 7.11 Å². The molecule has 2 atom stereocenters. The first-order valence-corrected chi connectivity index (χ1v) is 9.36. The van der Waals surface area contributed by atoms with Crippen molar-refractivity contribution in [2.24, 2.45) is 11.7 Å². The van der Waals surface area contributed by atoms with Crippen LogP contribution in [0.15, 0.2) is 30.3 Å². The molecule has 0 unspecified atom stereocenters. The van der Waals surface area contributed by atoms with Crippen molar-refractivity contribution in [1.29, 1.82) is 0 Å². The van der Waals surface area contributed by atoms with Crippen molar-refractivity contribution in [3.8, 4) is 0 Å². The summed E-state index contributed by atoms with van der Waals surface area (Å²) in [6, 6.07) is 7.14. The molecule has 1 aromatic carbocycles. The Morgan fingerprint density at radius 1 is 1.03 bits per heavy atom. The first kappa shape index (κ1) is 23.9. The lowest BCUT2D eigenvalue weighted by atomic mass is 10.0. The van der Waals surface area contributed by atoms with Gasteiger partial charge in [0.2, 0.25) is 11.8 Å². The molecule has 0 spiro atoms. The van der Waals surface area contributed by atoms with E-state index in [1.165, 1.54) is 7.11 Å². The number of primary amides is 1. The molecular formula is C20H29N3O6. The molecule has 0 heterocycles. The van der Waals surface area contributed by atoms with Gasteiger partial charge < -0.3 is 25.8 Å². The molecule has 0 aromatic heterocycles. The SMILES string of the molecule is COC(=O)CC[C@H](NC(=O)[C@H](CC(C)C)NC(=O)OCc1ccccc1)C(N)=O. The van der Waals surface area contributed by atoms with Gasteiger partial charge in [0.25, 0.3) is 0 Å². The van der Waals surface area contributed by atoms with Crippen LogP contribution in [0.2, 0.25) is 0 Å². The van der Waals surface area contributed by atoms with Crippen LogP contribution in [0.5, 0.6) is 0 Å². The van der Waals surface area contributed by atoms with Crippen molar-refractivity contribution >= 4 is 23.9 Å². The van der Waals surface area contributed by atoms with Gasteiger partial charge in [0.15, 0.2) is 0 Å². The molecule has 0 saturated carbocycles. The molecular weight excluding hydrogens is 378 g/mol. The number of nitrogens with two attached hydrogens (primary N) is 1. The maximum absolute atomic E-state index is 12.6. The topological polar surface area (TPSA) is 137 Å². The second kappa shape index (κ2) is 12.4. The number of ether oxygens (including phenoxy) is 2. The fourth-order valence-corrected chi connectivity index (χ4v) is 2.53. The second-order valence-electron chi connectivity index (χ2n) is 6.97. The van der Waals surface area contributed by atoms with Crippen molar-refractivity contribution in [2.45, 2.75) is 51.8 Å². The molecule has 4 N–H and O–H groups in total. The number of alkyl carbamates (subject to hydrolysis) is 1. The second-order valence-corrected chi connectivity index (χ2v) is 6.97. The number of hydrogen-bond acceptors (Lipinski definition) is 6. The van der Waals surface area contributed by atoms with Crippen LogP contribution in [-0.2, 0) is 30.5 Å². The first-order valence-electron chi connectivity index (χ1n) is 9.36. The Kier molecular flexibility index (Phi) is 10.2. The lowest BCUT2D eigenvalue weighted by Crippen LogP contribution is -2.53. The van der Waals surface area contributed by atoms with Crippen molar-refractivity contribution < 1.29 is 28.7 Å². The highest BCUT2D eigenvalue weighted by Crippen LogP contribution is 2.08. The number of carbonyl (C=O) groups is 4. The third kappa shape index (κ3) is 9.59. The number of rotatable bonds is 11. The Labute approximate surface area is 170 Å². The van der Waals surface area contributed by atoms with Crippen molar-refractivity contribution in [3.05, 3.63) is 35.9 Å². The summed E-state index contributed by atoms with van der Waals surface area (Å²) < 4.78 is 9.68. The average molecular weight is 407 g/mol. The Bertz CT molecular complexity index is 693. The van der Waals surface area contributed by atoms with Gasteiger partial charge in [-0.3, -0.25) is 14.4 Å². The van der Waals surface area contributed by atoms with E-state index in [1.54, 1.807) is 0 Å². The zero-order valence-corrected chi connectivity index (χ0v) is 17.0. The highest BCUT2D eigenvalue weighted by atomic mass is 16.5. The Morgan fingerprint density at radius 3 is 2.24 bits per heavy atom. The summed E-state index contributed by atoms with van der Waals surface area (Å²) in [4.78, 5) is 47.6. The van der Waals surface area contributed by atoms with Crippen LogP contribution >= 0.6 is 0 Å².